The number of carboxylic acids is 1. The molecular weight excluding hydrogens is 398 g/mol. The Balaban J connectivity index is 1.71. The second-order valence-corrected chi connectivity index (χ2v) is 7.74. The first kappa shape index (κ1) is 20.3. The molecule has 0 fully saturated rings. The van der Waals surface area contributed by atoms with Crippen molar-refractivity contribution in [2.75, 3.05) is 11.1 Å². The van der Waals surface area contributed by atoms with Gasteiger partial charge in [0, 0.05) is 17.8 Å². The fraction of sp³-hybridized carbons (Fsp3) is 0.211. The van der Waals surface area contributed by atoms with Crippen molar-refractivity contribution >= 4 is 28.4 Å². The molecule has 0 radical (unpaired) electrons. The Morgan fingerprint density at radius 2 is 1.86 bits per heavy atom. The highest BCUT2D eigenvalue weighted by molar-refractivity contribution is 7.84. The zero-order chi connectivity index (χ0) is 21.1. The molecule has 0 saturated carbocycles. The van der Waals surface area contributed by atoms with Crippen LogP contribution in [0.15, 0.2) is 51.7 Å². The number of amides is 1. The lowest BCUT2D eigenvalue weighted by atomic mass is 10.3. The highest BCUT2D eigenvalue weighted by Crippen LogP contribution is 2.14. The van der Waals surface area contributed by atoms with Gasteiger partial charge in [0.05, 0.1) is 17.1 Å². The number of anilines is 1. The molecule has 0 aliphatic heterocycles. The van der Waals surface area contributed by atoms with Crippen molar-refractivity contribution in [2.24, 2.45) is 7.05 Å². The van der Waals surface area contributed by atoms with Gasteiger partial charge < -0.3 is 14.8 Å². The predicted molar refractivity (Wildman–Crippen MR) is 107 cm³/mol. The highest BCUT2D eigenvalue weighted by Gasteiger charge is 2.20. The van der Waals surface area contributed by atoms with Crippen LogP contribution in [0, 0.1) is 6.92 Å². The number of nitrogens with one attached hydrogen (secondary N) is 1. The van der Waals surface area contributed by atoms with Gasteiger partial charge in [0.25, 0.3) is 5.56 Å². The third-order valence-corrected chi connectivity index (χ3v) is 5.48. The summed E-state index contributed by atoms with van der Waals surface area (Å²) in [4.78, 5) is 35.9. The van der Waals surface area contributed by atoms with E-state index in [1.807, 2.05) is 6.07 Å². The van der Waals surface area contributed by atoms with E-state index in [0.717, 1.165) is 0 Å². The highest BCUT2D eigenvalue weighted by atomic mass is 32.2. The monoisotopic (exact) mass is 417 g/mol. The first-order valence-corrected chi connectivity index (χ1v) is 10.1. The van der Waals surface area contributed by atoms with Crippen LogP contribution >= 0.6 is 0 Å². The van der Waals surface area contributed by atoms with E-state index < -0.39 is 28.2 Å². The summed E-state index contributed by atoms with van der Waals surface area (Å²) in [6.07, 6.45) is 0. The molecule has 1 unspecified atom stereocenters. The minimum atomic E-state index is -1.64. The van der Waals surface area contributed by atoms with Crippen molar-refractivity contribution in [3.05, 3.63) is 70.0 Å². The largest absolute Gasteiger partial charge is 0.475 e. The first-order valence-electron chi connectivity index (χ1n) is 8.58. The second-order valence-electron chi connectivity index (χ2n) is 6.28. The Morgan fingerprint density at radius 1 is 1.17 bits per heavy atom. The van der Waals surface area contributed by atoms with Gasteiger partial charge >= 0.3 is 5.97 Å². The van der Waals surface area contributed by atoms with Crippen molar-refractivity contribution in [3.63, 3.8) is 0 Å². The average Bonchev–Trinajstić information content (AvgIpc) is 3.21. The Kier molecular flexibility index (Phi) is 5.83. The number of hydrogen-bond donors (Lipinski definition) is 2. The van der Waals surface area contributed by atoms with Gasteiger partial charge in [-0.1, -0.05) is 18.2 Å². The SMILES string of the molecule is Cc1c(NC(=O)CS(=O)Cc2ccc(C(=O)O)o2)c(=O)n(-c2ccccc2)n1C. The summed E-state index contributed by atoms with van der Waals surface area (Å²) in [6, 6.07) is 11.6. The average molecular weight is 417 g/mol. The normalized spacial score (nSPS) is 11.9. The Hall–Kier alpha value is -3.40. The molecule has 0 aliphatic carbocycles. The van der Waals surface area contributed by atoms with Gasteiger partial charge in [0.2, 0.25) is 11.7 Å². The van der Waals surface area contributed by atoms with Crippen LogP contribution in [0.4, 0.5) is 5.69 Å². The molecule has 152 valence electrons. The maximum absolute atomic E-state index is 12.8. The van der Waals surface area contributed by atoms with Gasteiger partial charge in [-0.15, -0.1) is 0 Å². The molecule has 0 spiro atoms. The molecular formula is C19H19N3O6S. The lowest BCUT2D eigenvalue weighted by molar-refractivity contribution is -0.113. The van der Waals surface area contributed by atoms with Crippen LogP contribution in [0.2, 0.25) is 0 Å². The minimum absolute atomic E-state index is 0.108. The molecule has 9 nitrogen and oxygen atoms in total. The van der Waals surface area contributed by atoms with Crippen LogP contribution in [0.1, 0.15) is 22.0 Å². The molecule has 0 aliphatic rings. The van der Waals surface area contributed by atoms with E-state index in [1.54, 1.807) is 42.9 Å². The Bertz CT molecular complexity index is 1140. The zero-order valence-corrected chi connectivity index (χ0v) is 16.6. The van der Waals surface area contributed by atoms with Gasteiger partial charge in [-0.05, 0) is 31.2 Å². The summed E-state index contributed by atoms with van der Waals surface area (Å²) in [5.41, 5.74) is 0.923. The van der Waals surface area contributed by atoms with Gasteiger partial charge in [-0.25, -0.2) is 9.48 Å². The van der Waals surface area contributed by atoms with Crippen molar-refractivity contribution in [1.82, 2.24) is 9.36 Å². The smallest absolute Gasteiger partial charge is 0.371 e. The van der Waals surface area contributed by atoms with Crippen molar-refractivity contribution in [3.8, 4) is 5.69 Å². The third kappa shape index (κ3) is 4.37. The summed E-state index contributed by atoms with van der Waals surface area (Å²) in [5.74, 6) is -2.34. The molecule has 0 bridgehead atoms. The van der Waals surface area contributed by atoms with E-state index in [2.05, 4.69) is 5.32 Å². The number of carbonyl (C=O) groups is 2. The van der Waals surface area contributed by atoms with Gasteiger partial charge in [0.15, 0.2) is 0 Å². The summed E-state index contributed by atoms with van der Waals surface area (Å²) < 4.78 is 20.3. The molecule has 1 aromatic carbocycles. The van der Waals surface area contributed by atoms with Gasteiger partial charge in [-0.2, -0.15) is 0 Å². The quantitative estimate of drug-likeness (QED) is 0.603. The number of rotatable bonds is 7. The Morgan fingerprint density at radius 3 is 2.48 bits per heavy atom. The number of aromatic nitrogens is 2. The standard InChI is InChI=1S/C19H19N3O6S/c1-12-17(18(24)22(21(12)2)13-6-4-3-5-7-13)20-16(23)11-29(27)10-14-8-9-15(28-14)19(25)26/h3-9H,10-11H2,1-2H3,(H,20,23)(H,25,26). The first-order chi connectivity index (χ1) is 13.8. The number of carboxylic acid groups (broad SMARTS) is 1. The maximum Gasteiger partial charge on any atom is 0.371 e. The molecule has 3 rings (SSSR count). The fourth-order valence-electron chi connectivity index (χ4n) is 2.81. The van der Waals surface area contributed by atoms with E-state index in [4.69, 9.17) is 9.52 Å². The van der Waals surface area contributed by atoms with E-state index in [0.29, 0.717) is 11.4 Å². The number of carbonyl (C=O) groups excluding carboxylic acids is 1. The molecule has 2 aromatic heterocycles. The third-order valence-electron chi connectivity index (χ3n) is 4.29. The summed E-state index contributed by atoms with van der Waals surface area (Å²) >= 11 is 0. The molecule has 2 heterocycles. The molecule has 29 heavy (non-hydrogen) atoms. The van der Waals surface area contributed by atoms with Gasteiger partial charge in [0.1, 0.15) is 17.2 Å². The van der Waals surface area contributed by atoms with Crippen molar-refractivity contribution in [1.29, 1.82) is 0 Å². The molecule has 10 heteroatoms. The van der Waals surface area contributed by atoms with Crippen LogP contribution < -0.4 is 10.9 Å². The maximum atomic E-state index is 12.8. The summed E-state index contributed by atoms with van der Waals surface area (Å²) in [5, 5.41) is 11.4. The lowest BCUT2D eigenvalue weighted by Crippen LogP contribution is -2.25. The van der Waals surface area contributed by atoms with Crippen LogP contribution in [0.3, 0.4) is 0 Å². The van der Waals surface area contributed by atoms with E-state index >= 15 is 0 Å². The van der Waals surface area contributed by atoms with Crippen molar-refractivity contribution in [2.45, 2.75) is 12.7 Å². The van der Waals surface area contributed by atoms with Crippen LogP contribution in [-0.4, -0.2) is 36.3 Å². The van der Waals surface area contributed by atoms with E-state index in [9.17, 15) is 18.6 Å². The molecule has 0 saturated heterocycles. The second kappa shape index (κ2) is 8.31. The number of hydrogen-bond acceptors (Lipinski definition) is 5. The molecule has 3 aromatic rings. The molecule has 2 N–H and O–H groups in total. The lowest BCUT2D eigenvalue weighted by Gasteiger charge is -2.07. The van der Waals surface area contributed by atoms with E-state index in [-0.39, 0.29) is 28.7 Å². The summed E-state index contributed by atoms with van der Waals surface area (Å²) in [6.45, 7) is 1.70. The predicted octanol–water partition coefficient (Wildman–Crippen LogP) is 1.66. The number of nitrogens with zero attached hydrogens (tertiary/aromatic N) is 2. The van der Waals surface area contributed by atoms with E-state index in [1.165, 1.54) is 16.8 Å². The zero-order valence-electron chi connectivity index (χ0n) is 15.7. The minimum Gasteiger partial charge on any atom is -0.475 e. The molecule has 1 atom stereocenters. The fourth-order valence-corrected chi connectivity index (χ4v) is 3.75. The Labute approximate surface area is 168 Å². The van der Waals surface area contributed by atoms with Crippen LogP contribution in [0.25, 0.3) is 5.69 Å². The number of para-hydroxylation sites is 1. The van der Waals surface area contributed by atoms with Crippen molar-refractivity contribution < 1.29 is 23.3 Å². The van der Waals surface area contributed by atoms with Crippen LogP contribution in [-0.2, 0) is 28.4 Å². The topological polar surface area (TPSA) is 124 Å². The van der Waals surface area contributed by atoms with Gasteiger partial charge in [-0.3, -0.25) is 18.5 Å². The number of furan rings is 1. The number of benzene rings is 1. The molecule has 1 amide bonds. The number of aromatic carboxylic acids is 1. The van der Waals surface area contributed by atoms with Crippen LogP contribution in [0.5, 0.6) is 0 Å². The summed E-state index contributed by atoms with van der Waals surface area (Å²) in [7, 11) is 0.0661.